The van der Waals surface area contributed by atoms with Gasteiger partial charge < -0.3 is 14.5 Å². The molecule has 0 bridgehead atoms. The number of hydrogen-bond donors (Lipinski definition) is 1. The second-order valence-corrected chi connectivity index (χ2v) is 7.95. The van der Waals surface area contributed by atoms with Crippen molar-refractivity contribution >= 4 is 46.4 Å². The quantitative estimate of drug-likeness (QED) is 0.609. The predicted octanol–water partition coefficient (Wildman–Crippen LogP) is 5.22. The van der Waals surface area contributed by atoms with Gasteiger partial charge in [0.1, 0.15) is 16.7 Å². The van der Waals surface area contributed by atoms with E-state index in [1.807, 2.05) is 6.07 Å². The van der Waals surface area contributed by atoms with E-state index in [0.29, 0.717) is 26.6 Å². The van der Waals surface area contributed by atoms with Crippen LogP contribution in [0.4, 0.5) is 5.69 Å². The van der Waals surface area contributed by atoms with Gasteiger partial charge in [0.25, 0.3) is 5.91 Å². The zero-order chi connectivity index (χ0) is 19.8. The fraction of sp³-hybridized carbons (Fsp3) is 0.316. The summed E-state index contributed by atoms with van der Waals surface area (Å²) in [6, 6.07) is 6.84. The lowest BCUT2D eigenvalue weighted by atomic mass is 10.1. The minimum absolute atomic E-state index is 0.315. The number of nitrogens with zero attached hydrogens (tertiary/aromatic N) is 4. The molecular formula is C19H18Cl3N5O. The number of hydrogen-bond acceptors (Lipinski definition) is 3. The van der Waals surface area contributed by atoms with E-state index in [9.17, 15) is 4.79 Å². The van der Waals surface area contributed by atoms with Gasteiger partial charge in [-0.2, -0.15) is 0 Å². The molecule has 0 saturated carbocycles. The highest BCUT2D eigenvalue weighted by Crippen LogP contribution is 2.32. The molecule has 1 aliphatic heterocycles. The number of benzene rings is 1. The number of aromatic nitrogens is 4. The summed E-state index contributed by atoms with van der Waals surface area (Å²) in [5, 5.41) is 12.8. The third-order valence-corrected chi connectivity index (χ3v) is 6.10. The summed E-state index contributed by atoms with van der Waals surface area (Å²) in [6.07, 6.45) is 4.29. The molecule has 9 heteroatoms. The fourth-order valence-corrected chi connectivity index (χ4v) is 3.99. The number of rotatable bonds is 3. The molecule has 0 radical (unpaired) electrons. The molecule has 4 rings (SSSR count). The standard InChI is InChI=1S/C19H18Cl3N5O/c1-26-15(10-14(21)17(26)22)19(28)23-11-6-7-13(20)12(9-11)18-25-24-16-5-3-2-4-8-27(16)18/h6-7,9-10H,2-5,8H2,1H3,(H,23,28). The number of halogens is 3. The van der Waals surface area contributed by atoms with Crippen LogP contribution in [0.3, 0.4) is 0 Å². The van der Waals surface area contributed by atoms with Crippen LogP contribution in [0.2, 0.25) is 15.2 Å². The largest absolute Gasteiger partial charge is 0.329 e. The van der Waals surface area contributed by atoms with Crippen LogP contribution in [-0.4, -0.2) is 25.2 Å². The van der Waals surface area contributed by atoms with E-state index in [1.165, 1.54) is 17.1 Å². The third-order valence-electron chi connectivity index (χ3n) is 4.92. The smallest absolute Gasteiger partial charge is 0.272 e. The topological polar surface area (TPSA) is 64.7 Å². The molecule has 0 saturated heterocycles. The molecule has 146 valence electrons. The summed E-state index contributed by atoms with van der Waals surface area (Å²) in [5.74, 6) is 1.39. The number of carbonyl (C=O) groups excluding carboxylic acids is 1. The molecule has 0 atom stereocenters. The minimum atomic E-state index is -0.315. The van der Waals surface area contributed by atoms with Crippen molar-refractivity contribution in [2.45, 2.75) is 32.2 Å². The van der Waals surface area contributed by atoms with Gasteiger partial charge in [-0.05, 0) is 37.1 Å². The molecule has 0 aliphatic carbocycles. The maximum absolute atomic E-state index is 12.6. The van der Waals surface area contributed by atoms with Gasteiger partial charge >= 0.3 is 0 Å². The lowest BCUT2D eigenvalue weighted by Gasteiger charge is -2.11. The molecule has 6 nitrogen and oxygen atoms in total. The van der Waals surface area contributed by atoms with Crippen molar-refractivity contribution in [3.8, 4) is 11.4 Å². The SMILES string of the molecule is Cn1c(C(=O)Nc2ccc(Cl)c(-c3nnc4n3CCCCC4)c2)cc(Cl)c1Cl. The van der Waals surface area contributed by atoms with Crippen molar-refractivity contribution in [3.63, 3.8) is 0 Å². The number of fused-ring (bicyclic) bond motifs is 1. The van der Waals surface area contributed by atoms with Crippen LogP contribution in [0.25, 0.3) is 11.4 Å². The monoisotopic (exact) mass is 437 g/mol. The fourth-order valence-electron chi connectivity index (χ4n) is 3.41. The Bertz CT molecular complexity index is 1060. The number of amides is 1. The first-order valence-electron chi connectivity index (χ1n) is 9.00. The lowest BCUT2D eigenvalue weighted by molar-refractivity contribution is 0.101. The van der Waals surface area contributed by atoms with Gasteiger partial charge in [0, 0.05) is 31.3 Å². The zero-order valence-electron chi connectivity index (χ0n) is 15.2. The van der Waals surface area contributed by atoms with Gasteiger partial charge in [0.15, 0.2) is 5.82 Å². The first-order chi connectivity index (χ1) is 13.5. The van der Waals surface area contributed by atoms with Crippen LogP contribution in [0.15, 0.2) is 24.3 Å². The van der Waals surface area contributed by atoms with Crippen molar-refractivity contribution in [2.75, 3.05) is 5.32 Å². The Labute approximate surface area is 177 Å². The summed E-state index contributed by atoms with van der Waals surface area (Å²) in [6.45, 7) is 0.866. The summed E-state index contributed by atoms with van der Waals surface area (Å²) < 4.78 is 3.66. The molecule has 1 aromatic carbocycles. The Morgan fingerprint density at radius 3 is 2.64 bits per heavy atom. The van der Waals surface area contributed by atoms with Crippen LogP contribution in [0, 0.1) is 0 Å². The maximum atomic E-state index is 12.6. The molecule has 2 aromatic heterocycles. The van der Waals surface area contributed by atoms with Crippen molar-refractivity contribution in [1.29, 1.82) is 0 Å². The third kappa shape index (κ3) is 3.52. The molecule has 0 unspecified atom stereocenters. The van der Waals surface area contributed by atoms with Gasteiger partial charge in [-0.1, -0.05) is 41.2 Å². The second kappa shape index (κ2) is 7.78. The summed E-state index contributed by atoms with van der Waals surface area (Å²) in [7, 11) is 1.68. The average molecular weight is 439 g/mol. The van der Waals surface area contributed by atoms with Crippen LogP contribution in [0.5, 0.6) is 0 Å². The molecule has 1 amide bonds. The zero-order valence-corrected chi connectivity index (χ0v) is 17.4. The number of nitrogens with one attached hydrogen (secondary N) is 1. The van der Waals surface area contributed by atoms with E-state index in [4.69, 9.17) is 34.8 Å². The van der Waals surface area contributed by atoms with E-state index >= 15 is 0 Å². The molecule has 1 aliphatic rings. The van der Waals surface area contributed by atoms with Gasteiger partial charge in [0.05, 0.1) is 10.0 Å². The van der Waals surface area contributed by atoms with Gasteiger partial charge in [0.2, 0.25) is 0 Å². The normalized spacial score (nSPS) is 13.9. The number of aryl methyl sites for hydroxylation is 1. The molecule has 0 spiro atoms. The molecule has 1 N–H and O–H groups in total. The van der Waals surface area contributed by atoms with Crippen molar-refractivity contribution < 1.29 is 4.79 Å². The van der Waals surface area contributed by atoms with Gasteiger partial charge in [-0.15, -0.1) is 10.2 Å². The van der Waals surface area contributed by atoms with E-state index in [-0.39, 0.29) is 5.91 Å². The Kier molecular flexibility index (Phi) is 5.36. The second-order valence-electron chi connectivity index (χ2n) is 6.78. The lowest BCUT2D eigenvalue weighted by Crippen LogP contribution is -2.15. The van der Waals surface area contributed by atoms with Crippen LogP contribution < -0.4 is 5.32 Å². The summed E-state index contributed by atoms with van der Waals surface area (Å²) in [5.41, 5.74) is 1.70. The molecule has 28 heavy (non-hydrogen) atoms. The highest BCUT2D eigenvalue weighted by molar-refractivity contribution is 6.42. The van der Waals surface area contributed by atoms with E-state index in [2.05, 4.69) is 20.1 Å². The number of carbonyl (C=O) groups is 1. The predicted molar refractivity (Wildman–Crippen MR) is 111 cm³/mol. The first-order valence-corrected chi connectivity index (χ1v) is 10.1. The van der Waals surface area contributed by atoms with Crippen LogP contribution >= 0.6 is 34.8 Å². The Morgan fingerprint density at radius 2 is 1.89 bits per heavy atom. The maximum Gasteiger partial charge on any atom is 0.272 e. The van der Waals surface area contributed by atoms with E-state index in [1.54, 1.807) is 19.2 Å². The van der Waals surface area contributed by atoms with Crippen molar-refractivity contribution in [2.24, 2.45) is 7.05 Å². The van der Waals surface area contributed by atoms with Crippen LogP contribution in [0.1, 0.15) is 35.6 Å². The van der Waals surface area contributed by atoms with Gasteiger partial charge in [-0.25, -0.2) is 0 Å². The minimum Gasteiger partial charge on any atom is -0.329 e. The summed E-state index contributed by atoms with van der Waals surface area (Å²) >= 11 is 18.5. The van der Waals surface area contributed by atoms with E-state index in [0.717, 1.165) is 43.0 Å². The Hall–Kier alpha value is -2.02. The summed E-state index contributed by atoms with van der Waals surface area (Å²) in [4.78, 5) is 12.6. The highest BCUT2D eigenvalue weighted by atomic mass is 35.5. The Balaban J connectivity index is 1.66. The first kappa shape index (κ1) is 19.3. The average Bonchev–Trinajstić information content (AvgIpc) is 3.08. The highest BCUT2D eigenvalue weighted by Gasteiger charge is 2.20. The molecule has 3 heterocycles. The molecule has 3 aromatic rings. The Morgan fingerprint density at radius 1 is 1.07 bits per heavy atom. The van der Waals surface area contributed by atoms with E-state index < -0.39 is 0 Å². The van der Waals surface area contributed by atoms with Crippen LogP contribution in [-0.2, 0) is 20.0 Å². The molecular weight excluding hydrogens is 421 g/mol. The van der Waals surface area contributed by atoms with Gasteiger partial charge in [-0.3, -0.25) is 4.79 Å². The van der Waals surface area contributed by atoms with Crippen molar-refractivity contribution in [1.82, 2.24) is 19.3 Å². The van der Waals surface area contributed by atoms with Crippen molar-refractivity contribution in [3.05, 3.63) is 51.0 Å². The molecule has 0 fully saturated rings. The number of anilines is 1.